The van der Waals surface area contributed by atoms with Gasteiger partial charge in [-0.15, -0.1) is 0 Å². The van der Waals surface area contributed by atoms with Crippen LogP contribution in [0, 0.1) is 6.92 Å². The Bertz CT molecular complexity index is 893. The molecule has 4 heteroatoms. The number of ether oxygens (including phenoxy) is 2. The van der Waals surface area contributed by atoms with Crippen LogP contribution in [0.25, 0.3) is 11.0 Å². The first-order chi connectivity index (χ1) is 9.72. The van der Waals surface area contributed by atoms with Crippen LogP contribution in [0.4, 0.5) is 0 Å². The second kappa shape index (κ2) is 3.87. The number of hydrogen-bond donors (Lipinski definition) is 0. The van der Waals surface area contributed by atoms with Crippen LogP contribution >= 0.6 is 0 Å². The molecule has 0 saturated carbocycles. The molecule has 4 rings (SSSR count). The molecule has 0 aliphatic carbocycles. The lowest BCUT2D eigenvalue weighted by atomic mass is 10.1. The summed E-state index contributed by atoms with van der Waals surface area (Å²) < 4.78 is 16.9. The van der Waals surface area contributed by atoms with E-state index in [0.29, 0.717) is 28.6 Å². The second-order valence-corrected chi connectivity index (χ2v) is 4.67. The standard InChI is InChI=1S/C16H10O4/c1-9-8-14(17)20-15-10(9)6-7-13-16(15)19-12-5-3-2-4-11(12)18-13/h2-8H,1H3. The largest absolute Gasteiger partial charge is 0.449 e. The Hall–Kier alpha value is -2.75. The Labute approximate surface area is 114 Å². The van der Waals surface area contributed by atoms with Crippen molar-refractivity contribution in [3.8, 4) is 23.0 Å². The van der Waals surface area contributed by atoms with Crippen molar-refractivity contribution in [2.24, 2.45) is 0 Å². The second-order valence-electron chi connectivity index (χ2n) is 4.67. The van der Waals surface area contributed by atoms with Crippen molar-refractivity contribution in [2.45, 2.75) is 6.92 Å². The first-order valence-electron chi connectivity index (χ1n) is 6.24. The summed E-state index contributed by atoms with van der Waals surface area (Å²) in [5.74, 6) is 2.25. The van der Waals surface area contributed by atoms with Crippen LogP contribution in [-0.4, -0.2) is 0 Å². The summed E-state index contributed by atoms with van der Waals surface area (Å²) in [6.07, 6.45) is 0. The average molecular weight is 266 g/mol. The van der Waals surface area contributed by atoms with Gasteiger partial charge in [0.05, 0.1) is 0 Å². The number of benzene rings is 2. The maximum absolute atomic E-state index is 11.6. The maximum Gasteiger partial charge on any atom is 0.336 e. The third kappa shape index (κ3) is 1.51. The molecule has 0 bridgehead atoms. The van der Waals surface area contributed by atoms with Crippen molar-refractivity contribution < 1.29 is 13.9 Å². The SMILES string of the molecule is Cc1cc(=O)oc2c3c(ccc12)Oc1ccccc1O3. The Balaban J connectivity index is 2.03. The summed E-state index contributed by atoms with van der Waals surface area (Å²) in [6, 6.07) is 12.5. The minimum absolute atomic E-state index is 0.397. The molecule has 2 aromatic carbocycles. The molecule has 2 heterocycles. The first-order valence-corrected chi connectivity index (χ1v) is 6.24. The Morgan fingerprint density at radius 1 is 0.900 bits per heavy atom. The third-order valence-electron chi connectivity index (χ3n) is 3.32. The molecular weight excluding hydrogens is 256 g/mol. The van der Waals surface area contributed by atoms with Crippen LogP contribution in [0.2, 0.25) is 0 Å². The molecule has 20 heavy (non-hydrogen) atoms. The smallest absolute Gasteiger partial charge is 0.336 e. The van der Waals surface area contributed by atoms with Gasteiger partial charge in [0, 0.05) is 11.5 Å². The highest BCUT2D eigenvalue weighted by Crippen LogP contribution is 2.48. The summed E-state index contributed by atoms with van der Waals surface area (Å²) in [6.45, 7) is 1.86. The van der Waals surface area contributed by atoms with E-state index in [1.807, 2.05) is 43.3 Å². The molecule has 3 aromatic rings. The number of hydrogen-bond acceptors (Lipinski definition) is 4. The first kappa shape index (κ1) is 11.1. The van der Waals surface area contributed by atoms with Crippen molar-refractivity contribution in [1.29, 1.82) is 0 Å². The van der Waals surface area contributed by atoms with E-state index in [1.165, 1.54) is 6.07 Å². The fourth-order valence-electron chi connectivity index (χ4n) is 2.37. The van der Waals surface area contributed by atoms with E-state index in [2.05, 4.69) is 0 Å². The maximum atomic E-state index is 11.6. The van der Waals surface area contributed by atoms with Crippen molar-refractivity contribution in [3.05, 3.63) is 58.4 Å². The lowest BCUT2D eigenvalue weighted by Crippen LogP contribution is -2.03. The van der Waals surface area contributed by atoms with Gasteiger partial charge < -0.3 is 13.9 Å². The number of aryl methyl sites for hydroxylation is 1. The summed E-state index contributed by atoms with van der Waals surface area (Å²) >= 11 is 0. The summed E-state index contributed by atoms with van der Waals surface area (Å²) in [4.78, 5) is 11.6. The molecule has 1 aromatic heterocycles. The fraction of sp³-hybridized carbons (Fsp3) is 0.0625. The minimum Gasteiger partial charge on any atom is -0.449 e. The van der Waals surface area contributed by atoms with Crippen molar-refractivity contribution >= 4 is 11.0 Å². The van der Waals surface area contributed by atoms with E-state index >= 15 is 0 Å². The van der Waals surface area contributed by atoms with E-state index in [-0.39, 0.29) is 0 Å². The van der Waals surface area contributed by atoms with Gasteiger partial charge in [-0.05, 0) is 36.8 Å². The van der Waals surface area contributed by atoms with Crippen LogP contribution < -0.4 is 15.1 Å². The highest BCUT2D eigenvalue weighted by molar-refractivity contribution is 5.88. The third-order valence-corrected chi connectivity index (χ3v) is 3.32. The van der Waals surface area contributed by atoms with Gasteiger partial charge >= 0.3 is 5.63 Å². The summed E-state index contributed by atoms with van der Waals surface area (Å²) in [5, 5.41) is 0.839. The van der Waals surface area contributed by atoms with E-state index < -0.39 is 5.63 Å². The molecule has 1 aliphatic rings. The van der Waals surface area contributed by atoms with Crippen LogP contribution in [-0.2, 0) is 0 Å². The Morgan fingerprint density at radius 3 is 2.45 bits per heavy atom. The number of fused-ring (bicyclic) bond motifs is 4. The zero-order chi connectivity index (χ0) is 13.7. The van der Waals surface area contributed by atoms with E-state index in [0.717, 1.165) is 10.9 Å². The van der Waals surface area contributed by atoms with Crippen molar-refractivity contribution in [3.63, 3.8) is 0 Å². The Kier molecular flexibility index (Phi) is 2.15. The average Bonchev–Trinajstić information content (AvgIpc) is 2.45. The van der Waals surface area contributed by atoms with Gasteiger partial charge in [-0.2, -0.15) is 0 Å². The minimum atomic E-state index is -0.397. The molecule has 0 amide bonds. The predicted molar refractivity (Wildman–Crippen MR) is 73.8 cm³/mol. The molecule has 0 unspecified atom stereocenters. The van der Waals surface area contributed by atoms with E-state index in [4.69, 9.17) is 13.9 Å². The highest BCUT2D eigenvalue weighted by Gasteiger charge is 2.22. The quantitative estimate of drug-likeness (QED) is 0.451. The highest BCUT2D eigenvalue weighted by atomic mass is 16.6. The van der Waals surface area contributed by atoms with Gasteiger partial charge in [-0.1, -0.05) is 12.1 Å². The molecule has 0 atom stereocenters. The Morgan fingerprint density at radius 2 is 1.65 bits per heavy atom. The van der Waals surface area contributed by atoms with Gasteiger partial charge in [-0.25, -0.2) is 4.79 Å². The lowest BCUT2D eigenvalue weighted by molar-refractivity contribution is 0.356. The van der Waals surface area contributed by atoms with Gasteiger partial charge in [-0.3, -0.25) is 0 Å². The van der Waals surface area contributed by atoms with E-state index in [9.17, 15) is 4.79 Å². The molecule has 0 saturated heterocycles. The van der Waals surface area contributed by atoms with Crippen LogP contribution in [0.3, 0.4) is 0 Å². The summed E-state index contributed by atoms with van der Waals surface area (Å²) in [7, 11) is 0. The molecule has 0 N–H and O–H groups in total. The van der Waals surface area contributed by atoms with Crippen LogP contribution in [0.1, 0.15) is 5.56 Å². The topological polar surface area (TPSA) is 48.7 Å². The molecular formula is C16H10O4. The van der Waals surface area contributed by atoms with Gasteiger partial charge in [0.1, 0.15) is 0 Å². The molecule has 0 fully saturated rings. The van der Waals surface area contributed by atoms with Crippen LogP contribution in [0.15, 0.2) is 51.7 Å². The normalized spacial score (nSPS) is 12.2. The predicted octanol–water partition coefficient (Wildman–Crippen LogP) is 4.00. The fourth-order valence-corrected chi connectivity index (χ4v) is 2.37. The molecule has 0 radical (unpaired) electrons. The van der Waals surface area contributed by atoms with Gasteiger partial charge in [0.15, 0.2) is 22.8 Å². The number of rotatable bonds is 0. The zero-order valence-corrected chi connectivity index (χ0v) is 10.7. The molecule has 98 valence electrons. The zero-order valence-electron chi connectivity index (χ0n) is 10.7. The lowest BCUT2D eigenvalue weighted by Gasteiger charge is -2.21. The van der Waals surface area contributed by atoms with Crippen LogP contribution in [0.5, 0.6) is 23.0 Å². The molecule has 4 nitrogen and oxygen atoms in total. The van der Waals surface area contributed by atoms with Gasteiger partial charge in [0.2, 0.25) is 5.75 Å². The van der Waals surface area contributed by atoms with Crippen molar-refractivity contribution in [1.82, 2.24) is 0 Å². The summed E-state index contributed by atoms with van der Waals surface area (Å²) in [5.41, 5.74) is 0.870. The molecule has 1 aliphatic heterocycles. The monoisotopic (exact) mass is 266 g/mol. The number of para-hydroxylation sites is 2. The molecule has 0 spiro atoms. The van der Waals surface area contributed by atoms with Gasteiger partial charge in [0.25, 0.3) is 0 Å². The van der Waals surface area contributed by atoms with Crippen molar-refractivity contribution in [2.75, 3.05) is 0 Å². The van der Waals surface area contributed by atoms with E-state index in [1.54, 1.807) is 0 Å².